The molecule has 6 heteroatoms. The van der Waals surface area contributed by atoms with Crippen LogP contribution in [0.15, 0.2) is 35.9 Å². The minimum atomic E-state index is -0.972. The van der Waals surface area contributed by atoms with E-state index in [0.717, 1.165) is 12.0 Å². The third-order valence-electron chi connectivity index (χ3n) is 3.54. The lowest BCUT2D eigenvalue weighted by Crippen LogP contribution is -2.42. The van der Waals surface area contributed by atoms with Crippen LogP contribution >= 0.6 is 0 Å². The molecular weight excluding hydrogens is 284 g/mol. The Labute approximate surface area is 129 Å². The first kappa shape index (κ1) is 16.0. The second-order valence-electron chi connectivity index (χ2n) is 5.16. The van der Waals surface area contributed by atoms with Crippen LogP contribution in [0.25, 0.3) is 0 Å². The number of amides is 2. The molecule has 0 aromatic heterocycles. The quantitative estimate of drug-likeness (QED) is 0.814. The zero-order chi connectivity index (χ0) is 15.9. The molecule has 1 aromatic carbocycles. The number of hydrogen-bond acceptors (Lipinski definition) is 3. The minimum Gasteiger partial charge on any atom is -0.478 e. The topological polar surface area (TPSA) is 78.9 Å². The number of carbonyl (C=O) groups excluding carboxylic acids is 1. The van der Waals surface area contributed by atoms with Crippen LogP contribution in [-0.2, 0) is 11.3 Å². The van der Waals surface area contributed by atoms with Crippen molar-refractivity contribution >= 4 is 12.0 Å². The SMILES string of the molecule is COCC1=CCN(C(=O)NCc2cccc(C(=O)O)c2)CC1. The Bertz CT molecular complexity index is 583. The van der Waals surface area contributed by atoms with Gasteiger partial charge >= 0.3 is 12.0 Å². The van der Waals surface area contributed by atoms with E-state index in [9.17, 15) is 9.59 Å². The van der Waals surface area contributed by atoms with Crippen LogP contribution < -0.4 is 5.32 Å². The van der Waals surface area contributed by atoms with E-state index in [1.807, 2.05) is 6.08 Å². The Morgan fingerprint density at radius 1 is 1.41 bits per heavy atom. The van der Waals surface area contributed by atoms with Crippen molar-refractivity contribution in [3.05, 3.63) is 47.0 Å². The maximum atomic E-state index is 12.1. The molecular formula is C16H20N2O4. The van der Waals surface area contributed by atoms with E-state index in [2.05, 4.69) is 5.32 Å². The molecule has 0 spiro atoms. The second kappa shape index (κ2) is 7.61. The van der Waals surface area contributed by atoms with Crippen molar-refractivity contribution in [2.45, 2.75) is 13.0 Å². The number of benzene rings is 1. The van der Waals surface area contributed by atoms with Gasteiger partial charge in [-0.05, 0) is 29.7 Å². The number of methoxy groups -OCH3 is 1. The summed E-state index contributed by atoms with van der Waals surface area (Å²) in [7, 11) is 1.66. The number of carbonyl (C=O) groups is 2. The number of hydrogen-bond donors (Lipinski definition) is 2. The van der Waals surface area contributed by atoms with Crippen LogP contribution in [0.5, 0.6) is 0 Å². The van der Waals surface area contributed by atoms with Gasteiger partial charge in [0, 0.05) is 26.7 Å². The standard InChI is InChI=1S/C16H20N2O4/c1-22-11-12-5-7-18(8-6-12)16(21)17-10-13-3-2-4-14(9-13)15(19)20/h2-5,9H,6-8,10-11H2,1H3,(H,17,21)(H,19,20). The van der Waals surface area contributed by atoms with Crippen molar-refractivity contribution in [1.82, 2.24) is 10.2 Å². The maximum absolute atomic E-state index is 12.1. The minimum absolute atomic E-state index is 0.145. The van der Waals surface area contributed by atoms with E-state index in [-0.39, 0.29) is 11.6 Å². The largest absolute Gasteiger partial charge is 0.478 e. The van der Waals surface area contributed by atoms with Gasteiger partial charge in [0.15, 0.2) is 0 Å². The van der Waals surface area contributed by atoms with Gasteiger partial charge in [-0.25, -0.2) is 9.59 Å². The molecule has 6 nitrogen and oxygen atoms in total. The fraction of sp³-hybridized carbons (Fsp3) is 0.375. The number of ether oxygens (including phenoxy) is 1. The zero-order valence-electron chi connectivity index (χ0n) is 12.5. The predicted octanol–water partition coefficient (Wildman–Crippen LogP) is 1.87. The lowest BCUT2D eigenvalue weighted by molar-refractivity contribution is 0.0696. The highest BCUT2D eigenvalue weighted by Gasteiger charge is 2.16. The number of carboxylic acid groups (broad SMARTS) is 1. The van der Waals surface area contributed by atoms with E-state index in [4.69, 9.17) is 9.84 Å². The summed E-state index contributed by atoms with van der Waals surface area (Å²) in [6.45, 7) is 2.15. The van der Waals surface area contributed by atoms with Gasteiger partial charge in [-0.15, -0.1) is 0 Å². The summed E-state index contributed by atoms with van der Waals surface area (Å²) in [5, 5.41) is 11.8. The molecule has 1 aliphatic rings. The molecule has 0 fully saturated rings. The zero-order valence-corrected chi connectivity index (χ0v) is 12.5. The van der Waals surface area contributed by atoms with Gasteiger partial charge in [-0.1, -0.05) is 18.2 Å². The van der Waals surface area contributed by atoms with E-state index in [0.29, 0.717) is 26.2 Å². The number of urea groups is 1. The molecule has 2 rings (SSSR count). The molecule has 0 saturated carbocycles. The summed E-state index contributed by atoms with van der Waals surface area (Å²) in [6.07, 6.45) is 2.83. The van der Waals surface area contributed by atoms with Crippen LogP contribution in [0.3, 0.4) is 0 Å². The lowest BCUT2D eigenvalue weighted by Gasteiger charge is -2.26. The maximum Gasteiger partial charge on any atom is 0.335 e. The summed E-state index contributed by atoms with van der Waals surface area (Å²) in [6, 6.07) is 6.41. The normalized spacial score (nSPS) is 14.4. The number of aromatic carboxylic acids is 1. The van der Waals surface area contributed by atoms with Crippen LogP contribution in [0.1, 0.15) is 22.3 Å². The highest BCUT2D eigenvalue weighted by atomic mass is 16.5. The Hall–Kier alpha value is -2.34. The molecule has 1 aromatic rings. The summed E-state index contributed by atoms with van der Waals surface area (Å²) in [5.74, 6) is -0.972. The Morgan fingerprint density at radius 3 is 2.86 bits per heavy atom. The molecule has 0 unspecified atom stereocenters. The fourth-order valence-corrected chi connectivity index (χ4v) is 2.32. The van der Waals surface area contributed by atoms with Crippen molar-refractivity contribution in [2.24, 2.45) is 0 Å². The number of rotatable bonds is 5. The van der Waals surface area contributed by atoms with Gasteiger partial charge in [0.1, 0.15) is 0 Å². The van der Waals surface area contributed by atoms with Crippen LogP contribution in [0.4, 0.5) is 4.79 Å². The van der Waals surface area contributed by atoms with E-state index in [1.165, 1.54) is 11.6 Å². The number of nitrogens with zero attached hydrogens (tertiary/aromatic N) is 1. The first-order valence-electron chi connectivity index (χ1n) is 7.12. The molecule has 22 heavy (non-hydrogen) atoms. The number of carboxylic acids is 1. The van der Waals surface area contributed by atoms with E-state index < -0.39 is 5.97 Å². The fourth-order valence-electron chi connectivity index (χ4n) is 2.32. The van der Waals surface area contributed by atoms with Crippen LogP contribution in [0.2, 0.25) is 0 Å². The highest BCUT2D eigenvalue weighted by Crippen LogP contribution is 2.11. The third-order valence-corrected chi connectivity index (χ3v) is 3.54. The highest BCUT2D eigenvalue weighted by molar-refractivity contribution is 5.87. The smallest absolute Gasteiger partial charge is 0.335 e. The number of nitrogens with one attached hydrogen (secondary N) is 1. The van der Waals surface area contributed by atoms with Crippen molar-refractivity contribution in [1.29, 1.82) is 0 Å². The molecule has 2 N–H and O–H groups in total. The molecule has 1 aliphatic heterocycles. The molecule has 0 radical (unpaired) electrons. The molecule has 2 amide bonds. The summed E-state index contributed by atoms with van der Waals surface area (Å²) >= 11 is 0. The summed E-state index contributed by atoms with van der Waals surface area (Å²) in [4.78, 5) is 24.7. The molecule has 0 saturated heterocycles. The Morgan fingerprint density at radius 2 is 2.23 bits per heavy atom. The lowest BCUT2D eigenvalue weighted by atomic mass is 10.1. The monoisotopic (exact) mass is 304 g/mol. The molecule has 118 valence electrons. The van der Waals surface area contributed by atoms with Gasteiger partial charge in [0.05, 0.1) is 12.2 Å². The van der Waals surface area contributed by atoms with Crippen molar-refractivity contribution in [3.8, 4) is 0 Å². The average Bonchev–Trinajstić information content (AvgIpc) is 2.54. The Balaban J connectivity index is 1.86. The molecule has 1 heterocycles. The van der Waals surface area contributed by atoms with Gasteiger partial charge in [0.2, 0.25) is 0 Å². The van der Waals surface area contributed by atoms with Gasteiger partial charge in [0.25, 0.3) is 0 Å². The second-order valence-corrected chi connectivity index (χ2v) is 5.16. The van der Waals surface area contributed by atoms with E-state index >= 15 is 0 Å². The molecule has 0 atom stereocenters. The molecule has 0 bridgehead atoms. The van der Waals surface area contributed by atoms with Crippen molar-refractivity contribution in [3.63, 3.8) is 0 Å². The Kier molecular flexibility index (Phi) is 5.55. The van der Waals surface area contributed by atoms with Gasteiger partial charge in [-0.2, -0.15) is 0 Å². The van der Waals surface area contributed by atoms with Crippen LogP contribution in [0, 0.1) is 0 Å². The van der Waals surface area contributed by atoms with Crippen LogP contribution in [-0.4, -0.2) is 48.8 Å². The summed E-state index contributed by atoms with van der Waals surface area (Å²) in [5.41, 5.74) is 2.19. The first-order valence-corrected chi connectivity index (χ1v) is 7.12. The third kappa shape index (κ3) is 4.33. The van der Waals surface area contributed by atoms with Crippen molar-refractivity contribution < 1.29 is 19.4 Å². The average molecular weight is 304 g/mol. The predicted molar refractivity (Wildman–Crippen MR) is 81.8 cm³/mol. The summed E-state index contributed by atoms with van der Waals surface area (Å²) < 4.78 is 5.08. The van der Waals surface area contributed by atoms with Gasteiger partial charge < -0.3 is 20.1 Å². The van der Waals surface area contributed by atoms with Gasteiger partial charge in [-0.3, -0.25) is 0 Å². The molecule has 0 aliphatic carbocycles. The van der Waals surface area contributed by atoms with E-state index in [1.54, 1.807) is 30.2 Å². The first-order chi connectivity index (χ1) is 10.6. The van der Waals surface area contributed by atoms with Crippen molar-refractivity contribution in [2.75, 3.05) is 26.8 Å².